The molecule has 2 rings (SSSR count). The number of hydrogen-bond acceptors (Lipinski definition) is 2. The van der Waals surface area contributed by atoms with Gasteiger partial charge in [-0.2, -0.15) is 0 Å². The quantitative estimate of drug-likeness (QED) is 0.904. The number of para-hydroxylation sites is 1. The molecule has 1 atom stereocenters. The molecular formula is C14H16N2O3. The summed E-state index contributed by atoms with van der Waals surface area (Å²) in [5.74, 6) is -1.32. The Bertz CT molecular complexity index is 655. The summed E-state index contributed by atoms with van der Waals surface area (Å²) in [7, 11) is 1.68. The smallest absolute Gasteiger partial charge is 0.332 e. The zero-order chi connectivity index (χ0) is 14.0. The maximum atomic E-state index is 12.0. The lowest BCUT2D eigenvalue weighted by atomic mass is 10.00. The second-order valence-electron chi connectivity index (χ2n) is 4.63. The maximum Gasteiger partial charge on any atom is 0.332 e. The normalized spacial score (nSPS) is 12.3. The van der Waals surface area contributed by atoms with Crippen molar-refractivity contribution in [2.24, 2.45) is 13.0 Å². The van der Waals surface area contributed by atoms with E-state index in [1.54, 1.807) is 26.4 Å². The Morgan fingerprint density at radius 2 is 2.00 bits per heavy atom. The zero-order valence-electron chi connectivity index (χ0n) is 10.9. The first-order valence-electron chi connectivity index (χ1n) is 6.05. The molecule has 0 saturated heterocycles. The van der Waals surface area contributed by atoms with Gasteiger partial charge in [0.05, 0.1) is 11.6 Å². The number of aryl methyl sites for hydroxylation is 1. The van der Waals surface area contributed by atoms with E-state index in [0.717, 1.165) is 11.3 Å². The number of carbonyl (C=O) groups is 1. The Morgan fingerprint density at radius 3 is 2.58 bits per heavy atom. The zero-order valence-corrected chi connectivity index (χ0v) is 10.9. The largest absolute Gasteiger partial charge is 0.481 e. The minimum atomic E-state index is -0.838. The van der Waals surface area contributed by atoms with Gasteiger partial charge in [0.2, 0.25) is 0 Å². The van der Waals surface area contributed by atoms with Crippen molar-refractivity contribution in [2.75, 3.05) is 0 Å². The maximum absolute atomic E-state index is 12.0. The molecule has 0 saturated carbocycles. The molecule has 1 unspecified atom stereocenters. The van der Waals surface area contributed by atoms with Crippen molar-refractivity contribution < 1.29 is 9.90 Å². The summed E-state index contributed by atoms with van der Waals surface area (Å²) in [5.41, 5.74) is 1.45. The van der Waals surface area contributed by atoms with Gasteiger partial charge in [-0.3, -0.25) is 9.36 Å². The van der Waals surface area contributed by atoms with Crippen molar-refractivity contribution in [1.29, 1.82) is 0 Å². The minimum Gasteiger partial charge on any atom is -0.481 e. The number of imidazole rings is 1. The van der Waals surface area contributed by atoms with Gasteiger partial charge in [-0.15, -0.1) is 0 Å². The molecule has 2 aromatic rings. The molecule has 0 aliphatic heterocycles. The van der Waals surface area contributed by atoms with Crippen molar-refractivity contribution in [3.05, 3.63) is 52.7 Å². The van der Waals surface area contributed by atoms with Crippen LogP contribution in [0, 0.1) is 5.92 Å². The van der Waals surface area contributed by atoms with Crippen molar-refractivity contribution in [1.82, 2.24) is 9.13 Å². The lowest BCUT2D eigenvalue weighted by Crippen LogP contribution is -2.22. The molecule has 1 heterocycles. The van der Waals surface area contributed by atoms with Crippen LogP contribution in [0.5, 0.6) is 0 Å². The molecular weight excluding hydrogens is 244 g/mol. The van der Waals surface area contributed by atoms with Gasteiger partial charge in [0.25, 0.3) is 0 Å². The van der Waals surface area contributed by atoms with Gasteiger partial charge in [0.15, 0.2) is 0 Å². The van der Waals surface area contributed by atoms with Crippen LogP contribution in [-0.2, 0) is 18.3 Å². The fourth-order valence-corrected chi connectivity index (χ4v) is 1.98. The summed E-state index contributed by atoms with van der Waals surface area (Å²) in [6, 6.07) is 7.37. The highest BCUT2D eigenvalue weighted by Crippen LogP contribution is 2.17. The molecule has 0 aliphatic carbocycles. The number of rotatable bonds is 4. The van der Waals surface area contributed by atoms with E-state index in [2.05, 4.69) is 0 Å². The molecule has 1 aromatic carbocycles. The Labute approximate surface area is 110 Å². The first-order chi connectivity index (χ1) is 9.00. The molecule has 0 amide bonds. The fraction of sp³-hybridized carbons (Fsp3) is 0.286. The van der Waals surface area contributed by atoms with E-state index in [1.165, 1.54) is 9.13 Å². The Kier molecular flexibility index (Phi) is 3.55. The molecule has 5 nitrogen and oxygen atoms in total. The van der Waals surface area contributed by atoms with Crippen molar-refractivity contribution in [3.8, 4) is 5.69 Å². The molecule has 0 fully saturated rings. The SMILES string of the molecule is CC(Cc1ccccc1-n1ccn(C)c1=O)C(=O)O. The van der Waals surface area contributed by atoms with Gasteiger partial charge in [-0.1, -0.05) is 25.1 Å². The summed E-state index contributed by atoms with van der Waals surface area (Å²) in [4.78, 5) is 22.9. The van der Waals surface area contributed by atoms with E-state index < -0.39 is 11.9 Å². The molecule has 5 heteroatoms. The first kappa shape index (κ1) is 13.1. The Morgan fingerprint density at radius 1 is 1.32 bits per heavy atom. The second-order valence-corrected chi connectivity index (χ2v) is 4.63. The summed E-state index contributed by atoms with van der Waals surface area (Å²) < 4.78 is 3.02. The van der Waals surface area contributed by atoms with Crippen LogP contribution >= 0.6 is 0 Å². The van der Waals surface area contributed by atoms with E-state index in [9.17, 15) is 9.59 Å². The van der Waals surface area contributed by atoms with Crippen molar-refractivity contribution >= 4 is 5.97 Å². The monoisotopic (exact) mass is 260 g/mol. The highest BCUT2D eigenvalue weighted by molar-refractivity contribution is 5.70. The summed E-state index contributed by atoms with van der Waals surface area (Å²) in [5, 5.41) is 8.99. The lowest BCUT2D eigenvalue weighted by Gasteiger charge is -2.11. The van der Waals surface area contributed by atoms with Crippen LogP contribution in [0.25, 0.3) is 5.69 Å². The number of carboxylic acids is 1. The topological polar surface area (TPSA) is 64.2 Å². The fourth-order valence-electron chi connectivity index (χ4n) is 1.98. The predicted octanol–water partition coefficient (Wildman–Crippen LogP) is 1.44. The number of aliphatic carboxylic acids is 1. The molecule has 0 radical (unpaired) electrons. The first-order valence-corrected chi connectivity index (χ1v) is 6.05. The lowest BCUT2D eigenvalue weighted by molar-refractivity contribution is -0.141. The average Bonchev–Trinajstić information content (AvgIpc) is 2.71. The molecule has 0 spiro atoms. The summed E-state index contributed by atoms with van der Waals surface area (Å²) >= 11 is 0. The highest BCUT2D eigenvalue weighted by atomic mass is 16.4. The summed E-state index contributed by atoms with van der Waals surface area (Å²) in [6.45, 7) is 1.66. The molecule has 0 bridgehead atoms. The molecule has 100 valence electrons. The van der Waals surface area contributed by atoms with Gasteiger partial charge in [0.1, 0.15) is 0 Å². The third-order valence-electron chi connectivity index (χ3n) is 3.15. The van der Waals surface area contributed by atoms with Gasteiger partial charge in [-0.05, 0) is 18.1 Å². The number of hydrogen-bond donors (Lipinski definition) is 1. The van der Waals surface area contributed by atoms with E-state index in [0.29, 0.717) is 6.42 Å². The third-order valence-corrected chi connectivity index (χ3v) is 3.15. The molecule has 1 aromatic heterocycles. The van der Waals surface area contributed by atoms with Gasteiger partial charge >= 0.3 is 11.7 Å². The second kappa shape index (κ2) is 5.14. The molecule has 19 heavy (non-hydrogen) atoms. The van der Waals surface area contributed by atoms with Crippen LogP contribution in [0.2, 0.25) is 0 Å². The van der Waals surface area contributed by atoms with Crippen LogP contribution < -0.4 is 5.69 Å². The number of benzene rings is 1. The number of carboxylic acid groups (broad SMARTS) is 1. The number of aromatic nitrogens is 2. The average molecular weight is 260 g/mol. The van der Waals surface area contributed by atoms with Crippen molar-refractivity contribution in [2.45, 2.75) is 13.3 Å². The van der Waals surface area contributed by atoms with Crippen LogP contribution in [0.4, 0.5) is 0 Å². The van der Waals surface area contributed by atoms with Crippen molar-refractivity contribution in [3.63, 3.8) is 0 Å². The van der Waals surface area contributed by atoms with Crippen LogP contribution in [-0.4, -0.2) is 20.2 Å². The van der Waals surface area contributed by atoms with E-state index in [-0.39, 0.29) is 5.69 Å². The van der Waals surface area contributed by atoms with Crippen LogP contribution in [0.3, 0.4) is 0 Å². The van der Waals surface area contributed by atoms with Gasteiger partial charge in [-0.25, -0.2) is 4.79 Å². The predicted molar refractivity (Wildman–Crippen MR) is 71.5 cm³/mol. The molecule has 0 aliphatic rings. The van der Waals surface area contributed by atoms with E-state index in [1.807, 2.05) is 24.3 Å². The minimum absolute atomic E-state index is 0.143. The molecule has 1 N–H and O–H groups in total. The standard InChI is InChI=1S/C14H16N2O3/c1-10(13(17)18)9-11-5-3-4-6-12(11)16-8-7-15(2)14(16)19/h3-8,10H,9H2,1-2H3,(H,17,18). The van der Waals surface area contributed by atoms with E-state index >= 15 is 0 Å². The third kappa shape index (κ3) is 2.59. The van der Waals surface area contributed by atoms with Gasteiger partial charge in [0, 0.05) is 19.4 Å². The Balaban J connectivity index is 2.45. The summed E-state index contributed by atoms with van der Waals surface area (Å²) in [6.07, 6.45) is 3.76. The van der Waals surface area contributed by atoms with E-state index in [4.69, 9.17) is 5.11 Å². The van der Waals surface area contributed by atoms with Gasteiger partial charge < -0.3 is 9.67 Å². The Hall–Kier alpha value is -2.30. The van der Waals surface area contributed by atoms with Crippen LogP contribution in [0.15, 0.2) is 41.5 Å². The highest BCUT2D eigenvalue weighted by Gasteiger charge is 2.15. The number of nitrogens with zero attached hydrogens (tertiary/aromatic N) is 2. The van der Waals surface area contributed by atoms with Crippen LogP contribution in [0.1, 0.15) is 12.5 Å².